The maximum absolute atomic E-state index is 6.08. The van der Waals surface area contributed by atoms with Crippen LogP contribution in [0.15, 0.2) is 59.1 Å². The summed E-state index contributed by atoms with van der Waals surface area (Å²) in [5, 5.41) is 12.9. The van der Waals surface area contributed by atoms with Gasteiger partial charge >= 0.3 is 0 Å². The zero-order valence-corrected chi connectivity index (χ0v) is 20.0. The van der Waals surface area contributed by atoms with E-state index in [4.69, 9.17) is 9.72 Å². The van der Waals surface area contributed by atoms with E-state index in [9.17, 15) is 0 Å². The Morgan fingerprint density at radius 2 is 1.88 bits per heavy atom. The zero-order chi connectivity index (χ0) is 21.9. The highest BCUT2D eigenvalue weighted by Crippen LogP contribution is 2.30. The van der Waals surface area contributed by atoms with E-state index >= 15 is 0 Å². The van der Waals surface area contributed by atoms with Crippen LogP contribution >= 0.6 is 23.1 Å². The summed E-state index contributed by atoms with van der Waals surface area (Å²) in [5.74, 6) is 2.56. The van der Waals surface area contributed by atoms with Crippen molar-refractivity contribution in [2.24, 2.45) is 7.05 Å². The van der Waals surface area contributed by atoms with Crippen LogP contribution < -0.4 is 4.74 Å². The molecule has 0 N–H and O–H groups in total. The summed E-state index contributed by atoms with van der Waals surface area (Å²) < 4.78 is 8.12. The van der Waals surface area contributed by atoms with E-state index in [0.29, 0.717) is 6.10 Å². The molecule has 5 nitrogen and oxygen atoms in total. The fourth-order valence-corrected chi connectivity index (χ4v) is 5.72. The fraction of sp³-hybridized carbons (Fsp3) is 0.320. The number of aromatic nitrogens is 4. The van der Waals surface area contributed by atoms with Crippen molar-refractivity contribution in [2.75, 3.05) is 0 Å². The van der Waals surface area contributed by atoms with E-state index in [1.807, 2.05) is 23.7 Å². The van der Waals surface area contributed by atoms with E-state index in [1.54, 1.807) is 23.1 Å². The lowest BCUT2D eigenvalue weighted by atomic mass is 10.1. The van der Waals surface area contributed by atoms with Crippen molar-refractivity contribution in [1.82, 2.24) is 19.7 Å². The lowest BCUT2D eigenvalue weighted by molar-refractivity contribution is 0.210. The highest BCUT2D eigenvalue weighted by atomic mass is 32.2. The monoisotopic (exact) mass is 462 g/mol. The number of ether oxygens (including phenoxy) is 1. The third-order valence-corrected chi connectivity index (χ3v) is 7.71. The normalized spacial score (nSPS) is 14.2. The molecule has 0 atom stereocenters. The lowest BCUT2D eigenvalue weighted by Gasteiger charge is -2.13. The van der Waals surface area contributed by atoms with Crippen molar-refractivity contribution in [3.05, 3.63) is 65.2 Å². The Labute approximate surface area is 196 Å². The fourth-order valence-electron chi connectivity index (χ4n) is 4.00. The molecule has 1 fully saturated rings. The topological polar surface area (TPSA) is 52.8 Å². The van der Waals surface area contributed by atoms with Gasteiger partial charge in [0.05, 0.1) is 11.8 Å². The van der Waals surface area contributed by atoms with Gasteiger partial charge in [-0.15, -0.1) is 21.5 Å². The van der Waals surface area contributed by atoms with Crippen LogP contribution in [0.25, 0.3) is 22.0 Å². The second kappa shape index (κ2) is 9.46. The zero-order valence-electron chi connectivity index (χ0n) is 18.3. The molecule has 0 aliphatic heterocycles. The average Bonchev–Trinajstić information content (AvgIpc) is 3.55. The summed E-state index contributed by atoms with van der Waals surface area (Å²) >= 11 is 3.35. The molecule has 1 saturated carbocycles. The van der Waals surface area contributed by atoms with Crippen molar-refractivity contribution in [3.8, 4) is 27.7 Å². The largest absolute Gasteiger partial charge is 0.490 e. The van der Waals surface area contributed by atoms with Gasteiger partial charge in [-0.2, -0.15) is 0 Å². The molecule has 0 saturated heterocycles. The van der Waals surface area contributed by atoms with Gasteiger partial charge in [0.25, 0.3) is 0 Å². The molecule has 1 aliphatic carbocycles. The van der Waals surface area contributed by atoms with Crippen molar-refractivity contribution < 1.29 is 4.74 Å². The van der Waals surface area contributed by atoms with Crippen molar-refractivity contribution >= 4 is 23.1 Å². The molecule has 0 amide bonds. The highest BCUT2D eigenvalue weighted by molar-refractivity contribution is 7.98. The second-order valence-corrected chi connectivity index (χ2v) is 10.0. The predicted molar refractivity (Wildman–Crippen MR) is 131 cm³/mol. The van der Waals surface area contributed by atoms with Crippen molar-refractivity contribution in [2.45, 2.75) is 49.6 Å². The van der Waals surface area contributed by atoms with Crippen molar-refractivity contribution in [3.63, 3.8) is 0 Å². The number of thiazole rings is 1. The van der Waals surface area contributed by atoms with Crippen LogP contribution in [0.5, 0.6) is 5.75 Å². The van der Waals surface area contributed by atoms with Crippen LogP contribution in [0, 0.1) is 6.92 Å². The first-order chi connectivity index (χ1) is 15.7. The van der Waals surface area contributed by atoms with E-state index < -0.39 is 0 Å². The van der Waals surface area contributed by atoms with Gasteiger partial charge in [-0.3, -0.25) is 0 Å². The Kier molecular flexibility index (Phi) is 6.28. The van der Waals surface area contributed by atoms with Gasteiger partial charge < -0.3 is 9.30 Å². The summed E-state index contributed by atoms with van der Waals surface area (Å²) in [4.78, 5) is 4.81. The van der Waals surface area contributed by atoms with Crippen LogP contribution in [0.1, 0.15) is 36.9 Å². The molecule has 2 aromatic heterocycles. The maximum Gasteiger partial charge on any atom is 0.191 e. The van der Waals surface area contributed by atoms with Crippen molar-refractivity contribution in [1.29, 1.82) is 0 Å². The molecule has 164 valence electrons. The summed E-state index contributed by atoms with van der Waals surface area (Å²) in [5.41, 5.74) is 4.53. The molecular formula is C25H26N4OS2. The van der Waals surface area contributed by atoms with E-state index in [2.05, 4.69) is 58.9 Å². The summed E-state index contributed by atoms with van der Waals surface area (Å²) in [7, 11) is 2.01. The molecule has 4 aromatic rings. The minimum Gasteiger partial charge on any atom is -0.490 e. The number of nitrogens with zero attached hydrogens (tertiary/aromatic N) is 4. The number of thioether (sulfide) groups is 1. The molecule has 0 spiro atoms. The molecule has 0 bridgehead atoms. The van der Waals surface area contributed by atoms with E-state index in [-0.39, 0.29) is 0 Å². The van der Waals surface area contributed by atoms with Crippen LogP contribution in [0.2, 0.25) is 0 Å². The minimum absolute atomic E-state index is 0.371. The molecule has 0 unspecified atom stereocenters. The third-order valence-electron chi connectivity index (χ3n) is 5.72. The Morgan fingerprint density at radius 1 is 1.06 bits per heavy atom. The van der Waals surface area contributed by atoms with Gasteiger partial charge in [0.1, 0.15) is 10.8 Å². The lowest BCUT2D eigenvalue weighted by Crippen LogP contribution is -2.10. The first-order valence-electron chi connectivity index (χ1n) is 11.0. The number of hydrogen-bond acceptors (Lipinski definition) is 6. The molecule has 2 aromatic carbocycles. The van der Waals surface area contributed by atoms with Crippen LogP contribution in [0.3, 0.4) is 0 Å². The van der Waals surface area contributed by atoms with Gasteiger partial charge in [0, 0.05) is 29.3 Å². The van der Waals surface area contributed by atoms with Gasteiger partial charge in [0.15, 0.2) is 11.0 Å². The van der Waals surface area contributed by atoms with Gasteiger partial charge in [-0.1, -0.05) is 35.5 Å². The Hall–Kier alpha value is -2.64. The Morgan fingerprint density at radius 3 is 2.66 bits per heavy atom. The van der Waals surface area contributed by atoms with E-state index in [0.717, 1.165) is 51.6 Å². The Balaban J connectivity index is 1.23. The molecular weight excluding hydrogens is 436 g/mol. The van der Waals surface area contributed by atoms with Gasteiger partial charge in [-0.05, 0) is 62.9 Å². The van der Waals surface area contributed by atoms with Crippen LogP contribution in [0.4, 0.5) is 0 Å². The number of rotatable bonds is 7. The molecule has 7 heteroatoms. The third kappa shape index (κ3) is 4.74. The predicted octanol–water partition coefficient (Wildman–Crippen LogP) is 6.53. The SMILES string of the molecule is Cc1cccc(-c2nc(CSc3nnc(-c4ccc(OC5CCCC5)cc4)n3C)cs2)c1. The first kappa shape index (κ1) is 21.2. The average molecular weight is 463 g/mol. The molecule has 2 heterocycles. The summed E-state index contributed by atoms with van der Waals surface area (Å²) in [6.45, 7) is 2.11. The number of hydrogen-bond donors (Lipinski definition) is 0. The smallest absolute Gasteiger partial charge is 0.191 e. The molecule has 0 radical (unpaired) electrons. The molecule has 32 heavy (non-hydrogen) atoms. The maximum atomic E-state index is 6.08. The Bertz CT molecular complexity index is 1190. The van der Waals surface area contributed by atoms with E-state index in [1.165, 1.54) is 24.0 Å². The summed E-state index contributed by atoms with van der Waals surface area (Å²) in [6, 6.07) is 16.7. The van der Waals surface area contributed by atoms with Gasteiger partial charge in [-0.25, -0.2) is 4.98 Å². The molecule has 5 rings (SSSR count). The van der Waals surface area contributed by atoms with Gasteiger partial charge in [0.2, 0.25) is 0 Å². The first-order valence-corrected chi connectivity index (χ1v) is 12.8. The minimum atomic E-state index is 0.371. The number of benzene rings is 2. The summed E-state index contributed by atoms with van der Waals surface area (Å²) in [6.07, 6.45) is 5.25. The van der Waals surface area contributed by atoms with Crippen LogP contribution in [-0.2, 0) is 12.8 Å². The van der Waals surface area contributed by atoms with Crippen LogP contribution in [-0.4, -0.2) is 25.9 Å². The second-order valence-electron chi connectivity index (χ2n) is 8.22. The quantitative estimate of drug-likeness (QED) is 0.292. The molecule has 1 aliphatic rings. The number of aryl methyl sites for hydroxylation is 1. The highest BCUT2D eigenvalue weighted by Gasteiger charge is 2.17. The standard InChI is InChI=1S/C25H26N4OS2/c1-17-6-5-7-19(14-17)24-26-20(15-31-24)16-32-25-28-27-23(29(25)2)18-10-12-22(13-11-18)30-21-8-3-4-9-21/h5-7,10-15,21H,3-4,8-9,16H2,1-2H3.